The van der Waals surface area contributed by atoms with Gasteiger partial charge in [0.1, 0.15) is 5.75 Å². The van der Waals surface area contributed by atoms with Gasteiger partial charge in [-0.25, -0.2) is 0 Å². The van der Waals surface area contributed by atoms with Crippen molar-refractivity contribution in [2.24, 2.45) is 0 Å². The fraction of sp³-hybridized carbons (Fsp3) is 0.412. The van der Waals surface area contributed by atoms with Gasteiger partial charge in [0, 0.05) is 19.1 Å². The molecule has 0 bridgehead atoms. The van der Waals surface area contributed by atoms with Crippen molar-refractivity contribution in [2.75, 3.05) is 25.4 Å². The fourth-order valence-electron chi connectivity index (χ4n) is 2.25. The van der Waals surface area contributed by atoms with Crippen molar-refractivity contribution in [3.8, 4) is 5.75 Å². The van der Waals surface area contributed by atoms with Gasteiger partial charge in [0.2, 0.25) is 0 Å². The van der Waals surface area contributed by atoms with E-state index in [1.807, 2.05) is 31.2 Å². The lowest BCUT2D eigenvalue weighted by molar-refractivity contribution is 0.255. The molecule has 20 heavy (non-hydrogen) atoms. The fourth-order valence-corrected chi connectivity index (χ4v) is 2.25. The van der Waals surface area contributed by atoms with Crippen LogP contribution in [-0.2, 0) is 6.42 Å². The Morgan fingerprint density at radius 2 is 1.95 bits per heavy atom. The lowest BCUT2D eigenvalue weighted by atomic mass is 10.0. The predicted octanol–water partition coefficient (Wildman–Crippen LogP) is 3.27. The van der Waals surface area contributed by atoms with Crippen molar-refractivity contribution in [1.29, 1.82) is 0 Å². The Balaban J connectivity index is 2.73. The number of hydrogen-bond acceptors (Lipinski definition) is 3. The van der Waals surface area contributed by atoms with Crippen LogP contribution in [0.25, 0.3) is 0 Å². The molecular weight excluding hydrogens is 248 g/mol. The van der Waals surface area contributed by atoms with Crippen LogP contribution in [0.5, 0.6) is 5.75 Å². The third-order valence-corrected chi connectivity index (χ3v) is 3.26. The Morgan fingerprint density at radius 1 is 1.30 bits per heavy atom. The molecule has 1 unspecified atom stereocenters. The summed E-state index contributed by atoms with van der Waals surface area (Å²) >= 11 is 0. The lowest BCUT2D eigenvalue weighted by Crippen LogP contribution is -2.34. The van der Waals surface area contributed by atoms with Crippen LogP contribution < -0.4 is 10.5 Å². The Hall–Kier alpha value is -1.74. The summed E-state index contributed by atoms with van der Waals surface area (Å²) in [6.45, 7) is 14.1. The van der Waals surface area contributed by atoms with Crippen molar-refractivity contribution in [3.05, 3.63) is 49.1 Å². The zero-order valence-electron chi connectivity index (χ0n) is 12.6. The first kappa shape index (κ1) is 16.3. The lowest BCUT2D eigenvalue weighted by Gasteiger charge is -2.27. The van der Waals surface area contributed by atoms with E-state index in [0.717, 1.165) is 25.3 Å². The molecule has 0 aromatic heterocycles. The van der Waals surface area contributed by atoms with Gasteiger partial charge in [-0.15, -0.1) is 13.2 Å². The van der Waals surface area contributed by atoms with Gasteiger partial charge < -0.3 is 10.5 Å². The standard InChI is InChI=1S/C17H26N2O/c1-5-10-19(11-6-2)14(4)12-15-8-9-17(20-7-3)16(18)13-15/h5-6,8-9,13-14H,1-2,7,10-12,18H2,3-4H3. The summed E-state index contributed by atoms with van der Waals surface area (Å²) in [6, 6.07) is 6.44. The summed E-state index contributed by atoms with van der Waals surface area (Å²) in [5.74, 6) is 0.762. The van der Waals surface area contributed by atoms with Crippen molar-refractivity contribution in [3.63, 3.8) is 0 Å². The average Bonchev–Trinajstić information content (AvgIpc) is 2.42. The van der Waals surface area contributed by atoms with Crippen LogP contribution in [0, 0.1) is 0 Å². The summed E-state index contributed by atoms with van der Waals surface area (Å²) in [5, 5.41) is 0. The molecule has 0 spiro atoms. The molecule has 0 aliphatic carbocycles. The highest BCUT2D eigenvalue weighted by molar-refractivity contribution is 5.54. The van der Waals surface area contributed by atoms with Crippen molar-refractivity contribution in [1.82, 2.24) is 4.90 Å². The SMILES string of the molecule is C=CCN(CC=C)C(C)Cc1ccc(OCC)c(N)c1. The van der Waals surface area contributed by atoms with E-state index in [-0.39, 0.29) is 0 Å². The Bertz CT molecular complexity index is 433. The van der Waals surface area contributed by atoms with Crippen LogP contribution in [0.2, 0.25) is 0 Å². The van der Waals surface area contributed by atoms with E-state index in [0.29, 0.717) is 18.3 Å². The van der Waals surface area contributed by atoms with Crippen molar-refractivity contribution >= 4 is 5.69 Å². The maximum absolute atomic E-state index is 6.01. The van der Waals surface area contributed by atoms with Gasteiger partial charge in [-0.3, -0.25) is 4.90 Å². The van der Waals surface area contributed by atoms with E-state index >= 15 is 0 Å². The Labute approximate surface area is 122 Å². The van der Waals surface area contributed by atoms with Crippen LogP contribution in [0.3, 0.4) is 0 Å². The monoisotopic (exact) mass is 274 g/mol. The molecule has 2 N–H and O–H groups in total. The molecule has 0 saturated carbocycles. The first-order valence-corrected chi connectivity index (χ1v) is 7.09. The molecule has 0 radical (unpaired) electrons. The van der Waals surface area contributed by atoms with Crippen LogP contribution in [0.15, 0.2) is 43.5 Å². The average molecular weight is 274 g/mol. The van der Waals surface area contributed by atoms with Gasteiger partial charge in [0.15, 0.2) is 0 Å². The zero-order chi connectivity index (χ0) is 15.0. The van der Waals surface area contributed by atoms with E-state index in [2.05, 4.69) is 31.0 Å². The number of nitrogens with zero attached hydrogens (tertiary/aromatic N) is 1. The molecule has 0 heterocycles. The largest absolute Gasteiger partial charge is 0.492 e. The number of benzene rings is 1. The van der Waals surface area contributed by atoms with Crippen LogP contribution in [-0.4, -0.2) is 30.6 Å². The Morgan fingerprint density at radius 3 is 2.45 bits per heavy atom. The first-order valence-electron chi connectivity index (χ1n) is 7.09. The molecule has 1 atom stereocenters. The first-order chi connectivity index (χ1) is 9.62. The van der Waals surface area contributed by atoms with Crippen LogP contribution in [0.4, 0.5) is 5.69 Å². The maximum atomic E-state index is 6.01. The molecule has 1 aromatic carbocycles. The normalized spacial score (nSPS) is 12.2. The van der Waals surface area contributed by atoms with Crippen LogP contribution >= 0.6 is 0 Å². The molecule has 1 aromatic rings. The minimum absolute atomic E-state index is 0.406. The van der Waals surface area contributed by atoms with Gasteiger partial charge in [0.05, 0.1) is 12.3 Å². The van der Waals surface area contributed by atoms with Crippen molar-refractivity contribution < 1.29 is 4.74 Å². The summed E-state index contributed by atoms with van der Waals surface area (Å²) in [7, 11) is 0. The quantitative estimate of drug-likeness (QED) is 0.555. The van der Waals surface area contributed by atoms with Gasteiger partial charge in [0.25, 0.3) is 0 Å². The topological polar surface area (TPSA) is 38.5 Å². The number of ether oxygens (including phenoxy) is 1. The van der Waals surface area contributed by atoms with E-state index in [9.17, 15) is 0 Å². The minimum atomic E-state index is 0.406. The zero-order valence-corrected chi connectivity index (χ0v) is 12.6. The second-order valence-corrected chi connectivity index (χ2v) is 4.89. The van der Waals surface area contributed by atoms with E-state index in [1.54, 1.807) is 0 Å². The maximum Gasteiger partial charge on any atom is 0.142 e. The van der Waals surface area contributed by atoms with Crippen LogP contribution in [0.1, 0.15) is 19.4 Å². The van der Waals surface area contributed by atoms with Gasteiger partial charge in [-0.2, -0.15) is 0 Å². The summed E-state index contributed by atoms with van der Waals surface area (Å²) in [6.07, 6.45) is 4.79. The van der Waals surface area contributed by atoms with Gasteiger partial charge in [-0.1, -0.05) is 18.2 Å². The molecular formula is C17H26N2O. The molecule has 110 valence electrons. The molecule has 3 heteroatoms. The minimum Gasteiger partial charge on any atom is -0.492 e. The Kier molecular flexibility index (Phi) is 6.88. The predicted molar refractivity (Wildman–Crippen MR) is 87.2 cm³/mol. The van der Waals surface area contributed by atoms with E-state index in [1.165, 1.54) is 5.56 Å². The molecule has 0 fully saturated rings. The van der Waals surface area contributed by atoms with Gasteiger partial charge >= 0.3 is 0 Å². The van der Waals surface area contributed by atoms with E-state index < -0.39 is 0 Å². The number of anilines is 1. The van der Waals surface area contributed by atoms with Gasteiger partial charge in [-0.05, 0) is 38.0 Å². The third kappa shape index (κ3) is 4.74. The molecule has 0 amide bonds. The highest BCUT2D eigenvalue weighted by atomic mass is 16.5. The second kappa shape index (κ2) is 8.43. The number of nitrogens with two attached hydrogens (primary N) is 1. The molecule has 3 nitrogen and oxygen atoms in total. The molecule has 0 aliphatic heterocycles. The molecule has 1 rings (SSSR count). The number of nitrogen functional groups attached to an aromatic ring is 1. The second-order valence-electron chi connectivity index (χ2n) is 4.89. The van der Waals surface area contributed by atoms with E-state index in [4.69, 9.17) is 10.5 Å². The highest BCUT2D eigenvalue weighted by Gasteiger charge is 2.12. The van der Waals surface area contributed by atoms with Crippen molar-refractivity contribution in [2.45, 2.75) is 26.3 Å². The summed E-state index contributed by atoms with van der Waals surface area (Å²) in [5.41, 5.74) is 7.93. The molecule has 0 saturated heterocycles. The summed E-state index contributed by atoms with van der Waals surface area (Å²) < 4.78 is 5.46. The summed E-state index contributed by atoms with van der Waals surface area (Å²) in [4.78, 5) is 2.33. The number of rotatable bonds is 9. The molecule has 0 aliphatic rings. The third-order valence-electron chi connectivity index (χ3n) is 3.26. The number of hydrogen-bond donors (Lipinski definition) is 1. The smallest absolute Gasteiger partial charge is 0.142 e. The highest BCUT2D eigenvalue weighted by Crippen LogP contribution is 2.23.